The van der Waals surface area contributed by atoms with Crippen molar-refractivity contribution in [3.63, 3.8) is 0 Å². The van der Waals surface area contributed by atoms with E-state index < -0.39 is 6.17 Å². The molecule has 3 atom stereocenters. The van der Waals surface area contributed by atoms with Crippen molar-refractivity contribution in [2.24, 2.45) is 0 Å². The summed E-state index contributed by atoms with van der Waals surface area (Å²) in [7, 11) is 0. The van der Waals surface area contributed by atoms with Crippen LogP contribution in [0.1, 0.15) is 54.2 Å². The molecule has 5 rings (SSSR count). The number of halogens is 1. The lowest BCUT2D eigenvalue weighted by Gasteiger charge is -2.13. The molecule has 0 amide bonds. The second kappa shape index (κ2) is 7.23. The van der Waals surface area contributed by atoms with Gasteiger partial charge < -0.3 is 9.84 Å². The lowest BCUT2D eigenvalue weighted by atomic mass is 10.1. The molecule has 1 aromatic carbocycles. The average molecular weight is 393 g/mol. The van der Waals surface area contributed by atoms with Crippen LogP contribution < -0.4 is 5.32 Å². The first-order valence-electron chi connectivity index (χ1n) is 9.62. The monoisotopic (exact) mass is 393 g/mol. The van der Waals surface area contributed by atoms with Crippen LogP contribution in [-0.4, -0.2) is 36.3 Å². The third-order valence-electron chi connectivity index (χ3n) is 5.42. The summed E-state index contributed by atoms with van der Waals surface area (Å²) >= 11 is 0. The van der Waals surface area contributed by atoms with E-state index in [9.17, 15) is 4.39 Å². The molecule has 1 aliphatic rings. The number of aromatic amines is 1. The van der Waals surface area contributed by atoms with E-state index in [0.29, 0.717) is 17.1 Å². The minimum atomic E-state index is -1.39. The van der Waals surface area contributed by atoms with Crippen molar-refractivity contribution in [3.05, 3.63) is 59.6 Å². The van der Waals surface area contributed by atoms with Gasteiger partial charge in [-0.25, -0.2) is 14.4 Å². The highest BCUT2D eigenvalue weighted by atomic mass is 19.1. The number of benzene rings is 1. The Balaban J connectivity index is 1.27. The first-order chi connectivity index (χ1) is 14.2. The SMILES string of the molecule is Cc1ccc(C(F)c2noc([C@H]3CC[C@H](Nc4ncnc5[nH]ncc45)C3)n2)cc1. The fourth-order valence-electron chi connectivity index (χ4n) is 3.81. The van der Waals surface area contributed by atoms with E-state index in [-0.39, 0.29) is 17.8 Å². The van der Waals surface area contributed by atoms with Crippen LogP contribution in [0.3, 0.4) is 0 Å². The number of hydrogen-bond acceptors (Lipinski definition) is 7. The van der Waals surface area contributed by atoms with Crippen LogP contribution in [0.25, 0.3) is 11.0 Å². The topological polar surface area (TPSA) is 105 Å². The maximum absolute atomic E-state index is 14.8. The van der Waals surface area contributed by atoms with Crippen LogP contribution in [-0.2, 0) is 0 Å². The fraction of sp³-hybridized carbons (Fsp3) is 0.350. The Hall–Kier alpha value is -3.36. The normalized spacial score (nSPS) is 20.2. The fourth-order valence-corrected chi connectivity index (χ4v) is 3.81. The van der Waals surface area contributed by atoms with Gasteiger partial charge in [-0.3, -0.25) is 5.10 Å². The quantitative estimate of drug-likeness (QED) is 0.530. The second-order valence-corrected chi connectivity index (χ2v) is 7.47. The molecule has 0 aliphatic heterocycles. The van der Waals surface area contributed by atoms with E-state index in [2.05, 4.69) is 35.6 Å². The van der Waals surface area contributed by atoms with Gasteiger partial charge in [0.25, 0.3) is 0 Å². The predicted molar refractivity (Wildman–Crippen MR) is 104 cm³/mol. The Morgan fingerprint density at radius 1 is 1.21 bits per heavy atom. The molecule has 3 aromatic heterocycles. The number of hydrogen-bond donors (Lipinski definition) is 2. The molecule has 0 saturated heterocycles. The van der Waals surface area contributed by atoms with Gasteiger partial charge in [-0.2, -0.15) is 10.1 Å². The summed E-state index contributed by atoms with van der Waals surface area (Å²) in [6.07, 6.45) is 4.46. The molecular weight excluding hydrogens is 373 g/mol. The Morgan fingerprint density at radius 3 is 2.93 bits per heavy atom. The molecular formula is C20H20FN7O. The molecule has 0 bridgehead atoms. The molecule has 29 heavy (non-hydrogen) atoms. The molecule has 9 heteroatoms. The number of fused-ring (bicyclic) bond motifs is 1. The van der Waals surface area contributed by atoms with Gasteiger partial charge >= 0.3 is 0 Å². The zero-order valence-corrected chi connectivity index (χ0v) is 15.8. The van der Waals surface area contributed by atoms with Crippen LogP contribution in [0.15, 0.2) is 41.3 Å². The van der Waals surface area contributed by atoms with Crippen molar-refractivity contribution in [3.8, 4) is 0 Å². The highest BCUT2D eigenvalue weighted by molar-refractivity contribution is 5.85. The first-order valence-corrected chi connectivity index (χ1v) is 9.62. The van der Waals surface area contributed by atoms with Crippen molar-refractivity contribution in [2.75, 3.05) is 5.32 Å². The van der Waals surface area contributed by atoms with Crippen LogP contribution in [0.4, 0.5) is 10.2 Å². The van der Waals surface area contributed by atoms with Gasteiger partial charge in [-0.05, 0) is 31.7 Å². The largest absolute Gasteiger partial charge is 0.367 e. The molecule has 148 valence electrons. The molecule has 2 N–H and O–H groups in total. The van der Waals surface area contributed by atoms with Crippen molar-refractivity contribution in [1.82, 2.24) is 30.3 Å². The lowest BCUT2D eigenvalue weighted by Crippen LogP contribution is -2.16. The van der Waals surface area contributed by atoms with Gasteiger partial charge in [0.1, 0.15) is 12.1 Å². The van der Waals surface area contributed by atoms with Gasteiger partial charge in [0.15, 0.2) is 11.8 Å². The highest BCUT2D eigenvalue weighted by Crippen LogP contribution is 2.36. The Kier molecular flexibility index (Phi) is 4.42. The van der Waals surface area contributed by atoms with Crippen LogP contribution >= 0.6 is 0 Å². The zero-order chi connectivity index (χ0) is 19.8. The second-order valence-electron chi connectivity index (χ2n) is 7.47. The number of anilines is 1. The van der Waals surface area contributed by atoms with Gasteiger partial charge in [0, 0.05) is 12.0 Å². The number of nitrogens with one attached hydrogen (secondary N) is 2. The highest BCUT2D eigenvalue weighted by Gasteiger charge is 2.31. The minimum absolute atomic E-state index is 0.0798. The minimum Gasteiger partial charge on any atom is -0.367 e. The molecule has 8 nitrogen and oxygen atoms in total. The maximum Gasteiger partial charge on any atom is 0.229 e. The van der Waals surface area contributed by atoms with Crippen molar-refractivity contribution < 1.29 is 8.91 Å². The summed E-state index contributed by atoms with van der Waals surface area (Å²) in [6, 6.07) is 7.47. The molecule has 1 aliphatic carbocycles. The Morgan fingerprint density at radius 2 is 2.07 bits per heavy atom. The van der Waals surface area contributed by atoms with E-state index in [4.69, 9.17) is 4.52 Å². The third kappa shape index (κ3) is 3.43. The predicted octanol–water partition coefficient (Wildman–Crippen LogP) is 3.85. The van der Waals surface area contributed by atoms with E-state index in [1.54, 1.807) is 18.3 Å². The molecule has 1 fully saturated rings. The van der Waals surface area contributed by atoms with Crippen molar-refractivity contribution in [1.29, 1.82) is 0 Å². The van der Waals surface area contributed by atoms with Crippen LogP contribution in [0.2, 0.25) is 0 Å². The van der Waals surface area contributed by atoms with Gasteiger partial charge in [0.2, 0.25) is 11.7 Å². The van der Waals surface area contributed by atoms with Gasteiger partial charge in [0.05, 0.1) is 11.6 Å². The number of H-pyrrole nitrogens is 1. The van der Waals surface area contributed by atoms with Gasteiger partial charge in [-0.1, -0.05) is 35.0 Å². The average Bonchev–Trinajstić information content (AvgIpc) is 3.48. The van der Waals surface area contributed by atoms with E-state index >= 15 is 0 Å². The van der Waals surface area contributed by atoms with E-state index in [0.717, 1.165) is 36.0 Å². The van der Waals surface area contributed by atoms with Crippen molar-refractivity contribution >= 4 is 16.9 Å². The lowest BCUT2D eigenvalue weighted by molar-refractivity contribution is 0.329. The Labute approximate surface area is 166 Å². The zero-order valence-electron chi connectivity index (χ0n) is 15.8. The summed E-state index contributed by atoms with van der Waals surface area (Å²) in [5.74, 6) is 1.43. The molecule has 0 radical (unpaired) electrons. The summed E-state index contributed by atoms with van der Waals surface area (Å²) in [5, 5.41) is 15.1. The van der Waals surface area contributed by atoms with Gasteiger partial charge in [-0.15, -0.1) is 0 Å². The number of rotatable bonds is 5. The summed E-state index contributed by atoms with van der Waals surface area (Å²) in [6.45, 7) is 1.97. The third-order valence-corrected chi connectivity index (χ3v) is 5.42. The standard InChI is InChI=1S/C20H20FN7O/c1-11-2-4-12(5-3-11)16(21)19-26-20(29-28-19)13-6-7-14(8-13)25-17-15-9-24-27-18(15)23-10-22-17/h2-5,9-10,13-14,16H,6-8H2,1H3,(H2,22,23,24,25,27)/t13-,14-,16?/m0/s1. The smallest absolute Gasteiger partial charge is 0.229 e. The molecule has 4 aromatic rings. The molecule has 0 spiro atoms. The van der Waals surface area contributed by atoms with E-state index in [1.165, 1.54) is 6.33 Å². The molecule has 3 heterocycles. The van der Waals surface area contributed by atoms with Crippen LogP contribution in [0.5, 0.6) is 0 Å². The molecule has 1 saturated carbocycles. The number of nitrogens with zero attached hydrogens (tertiary/aromatic N) is 5. The summed E-state index contributed by atoms with van der Waals surface area (Å²) in [4.78, 5) is 12.8. The first kappa shape index (κ1) is 17.7. The van der Waals surface area contributed by atoms with E-state index in [1.807, 2.05) is 19.1 Å². The summed E-state index contributed by atoms with van der Waals surface area (Å²) in [5.41, 5.74) is 2.31. The summed E-state index contributed by atoms with van der Waals surface area (Å²) < 4.78 is 20.2. The number of aromatic nitrogens is 6. The maximum atomic E-state index is 14.8. The number of aryl methyl sites for hydroxylation is 1. The Bertz CT molecular complexity index is 1120. The molecule has 1 unspecified atom stereocenters. The van der Waals surface area contributed by atoms with Crippen LogP contribution in [0, 0.1) is 6.92 Å². The number of alkyl halides is 1. The van der Waals surface area contributed by atoms with Crippen molar-refractivity contribution in [2.45, 2.75) is 44.3 Å².